The fourth-order valence-corrected chi connectivity index (χ4v) is 3.03. The van der Waals surface area contributed by atoms with Crippen LogP contribution in [0.15, 0.2) is 34.9 Å². The van der Waals surface area contributed by atoms with Gasteiger partial charge in [0.25, 0.3) is 5.91 Å². The van der Waals surface area contributed by atoms with Gasteiger partial charge >= 0.3 is 5.97 Å². The molecule has 1 aromatic heterocycles. The second-order valence-electron chi connectivity index (χ2n) is 5.75. The molecule has 1 atom stereocenters. The van der Waals surface area contributed by atoms with E-state index in [1.165, 1.54) is 6.26 Å². The number of benzene rings is 1. The third-order valence-electron chi connectivity index (χ3n) is 4.36. The summed E-state index contributed by atoms with van der Waals surface area (Å²) in [5.74, 6) is -1.76. The monoisotopic (exact) mass is 317 g/mol. The van der Waals surface area contributed by atoms with E-state index in [0.717, 1.165) is 5.39 Å². The highest BCUT2D eigenvalue weighted by Gasteiger charge is 2.30. The van der Waals surface area contributed by atoms with Crippen molar-refractivity contribution in [1.82, 2.24) is 5.32 Å². The SMILES string of the molecule is O=C(NCC(C(=O)O)C1CCOCC1)c1coc2ccccc12. The number of para-hydroxylation sites is 1. The summed E-state index contributed by atoms with van der Waals surface area (Å²) in [5.41, 5.74) is 1.06. The number of aliphatic carboxylic acids is 1. The van der Waals surface area contributed by atoms with Crippen LogP contribution in [0, 0.1) is 11.8 Å². The minimum Gasteiger partial charge on any atom is -0.481 e. The third kappa shape index (κ3) is 3.37. The van der Waals surface area contributed by atoms with Gasteiger partial charge < -0.3 is 19.6 Å². The van der Waals surface area contributed by atoms with Gasteiger partial charge in [-0.3, -0.25) is 9.59 Å². The Balaban J connectivity index is 1.68. The van der Waals surface area contributed by atoms with Crippen LogP contribution in [-0.4, -0.2) is 36.7 Å². The molecule has 6 nitrogen and oxygen atoms in total. The van der Waals surface area contributed by atoms with E-state index in [0.29, 0.717) is 37.2 Å². The Morgan fingerprint density at radius 2 is 2.00 bits per heavy atom. The van der Waals surface area contributed by atoms with Gasteiger partial charge in [0.15, 0.2) is 0 Å². The maximum absolute atomic E-state index is 12.3. The first-order valence-electron chi connectivity index (χ1n) is 7.72. The van der Waals surface area contributed by atoms with E-state index in [4.69, 9.17) is 9.15 Å². The van der Waals surface area contributed by atoms with Gasteiger partial charge in [0.2, 0.25) is 0 Å². The zero-order chi connectivity index (χ0) is 16.2. The van der Waals surface area contributed by atoms with E-state index in [1.54, 1.807) is 12.1 Å². The van der Waals surface area contributed by atoms with Gasteiger partial charge in [-0.2, -0.15) is 0 Å². The molecule has 1 fully saturated rings. The smallest absolute Gasteiger partial charge is 0.308 e. The number of carbonyl (C=O) groups excluding carboxylic acids is 1. The Kier molecular flexibility index (Phi) is 4.62. The van der Waals surface area contributed by atoms with Gasteiger partial charge in [0.1, 0.15) is 11.8 Å². The van der Waals surface area contributed by atoms with E-state index in [1.807, 2.05) is 12.1 Å². The van der Waals surface area contributed by atoms with Crippen LogP contribution in [0.1, 0.15) is 23.2 Å². The molecule has 3 rings (SSSR count). The Bertz CT molecular complexity index is 702. The quantitative estimate of drug-likeness (QED) is 0.883. The van der Waals surface area contributed by atoms with E-state index in [-0.39, 0.29) is 18.4 Å². The van der Waals surface area contributed by atoms with Crippen LogP contribution < -0.4 is 5.32 Å². The molecule has 1 aromatic carbocycles. The molecule has 6 heteroatoms. The van der Waals surface area contributed by atoms with Crippen molar-refractivity contribution >= 4 is 22.8 Å². The maximum atomic E-state index is 12.3. The normalized spacial score (nSPS) is 17.0. The van der Waals surface area contributed by atoms with Crippen LogP contribution in [0.25, 0.3) is 11.0 Å². The lowest BCUT2D eigenvalue weighted by Gasteiger charge is -2.27. The van der Waals surface area contributed by atoms with Gasteiger partial charge in [-0.1, -0.05) is 18.2 Å². The van der Waals surface area contributed by atoms with Crippen LogP contribution in [0.3, 0.4) is 0 Å². The van der Waals surface area contributed by atoms with E-state index in [9.17, 15) is 14.7 Å². The number of ether oxygens (including phenoxy) is 1. The Morgan fingerprint density at radius 3 is 2.74 bits per heavy atom. The van der Waals surface area contributed by atoms with Crippen molar-refractivity contribution in [2.24, 2.45) is 11.8 Å². The third-order valence-corrected chi connectivity index (χ3v) is 4.36. The summed E-state index contributed by atoms with van der Waals surface area (Å²) in [6.07, 6.45) is 2.83. The van der Waals surface area contributed by atoms with Gasteiger partial charge in [-0.05, 0) is 24.8 Å². The van der Waals surface area contributed by atoms with Crippen molar-refractivity contribution < 1.29 is 23.8 Å². The molecule has 2 N–H and O–H groups in total. The summed E-state index contributed by atoms with van der Waals surface area (Å²) < 4.78 is 10.6. The number of fused-ring (bicyclic) bond motifs is 1. The summed E-state index contributed by atoms with van der Waals surface area (Å²) in [6.45, 7) is 1.27. The van der Waals surface area contributed by atoms with Gasteiger partial charge in [-0.15, -0.1) is 0 Å². The first-order chi connectivity index (χ1) is 11.2. The predicted molar refractivity (Wildman–Crippen MR) is 83.2 cm³/mol. The standard InChI is InChI=1S/C17H19NO5/c19-16(14-10-23-15-4-2-1-3-12(14)15)18-9-13(17(20)21)11-5-7-22-8-6-11/h1-4,10-11,13H,5-9H2,(H,18,19)(H,20,21). The predicted octanol–water partition coefficient (Wildman–Crippen LogP) is 2.29. The van der Waals surface area contributed by atoms with Crippen LogP contribution in [0.5, 0.6) is 0 Å². The molecular formula is C17H19NO5. The fourth-order valence-electron chi connectivity index (χ4n) is 3.03. The van der Waals surface area contributed by atoms with Crippen LogP contribution in [-0.2, 0) is 9.53 Å². The summed E-state index contributed by atoms with van der Waals surface area (Å²) in [6, 6.07) is 7.25. The number of nitrogens with one attached hydrogen (secondary N) is 1. The average molecular weight is 317 g/mol. The van der Waals surface area contributed by atoms with Crippen molar-refractivity contribution in [2.75, 3.05) is 19.8 Å². The number of hydrogen-bond donors (Lipinski definition) is 2. The van der Waals surface area contributed by atoms with Crippen molar-refractivity contribution in [3.63, 3.8) is 0 Å². The van der Waals surface area contributed by atoms with Crippen LogP contribution in [0.2, 0.25) is 0 Å². The highest BCUT2D eigenvalue weighted by Crippen LogP contribution is 2.24. The van der Waals surface area contributed by atoms with Crippen molar-refractivity contribution in [2.45, 2.75) is 12.8 Å². The van der Waals surface area contributed by atoms with Crippen molar-refractivity contribution in [3.8, 4) is 0 Å². The van der Waals surface area contributed by atoms with E-state index >= 15 is 0 Å². The summed E-state index contributed by atoms with van der Waals surface area (Å²) in [7, 11) is 0. The van der Waals surface area contributed by atoms with E-state index < -0.39 is 11.9 Å². The van der Waals surface area contributed by atoms with Crippen molar-refractivity contribution in [1.29, 1.82) is 0 Å². The number of amides is 1. The molecule has 23 heavy (non-hydrogen) atoms. The number of carboxylic acids is 1. The molecule has 1 aliphatic rings. The number of hydrogen-bond acceptors (Lipinski definition) is 4. The molecule has 2 aromatic rings. The molecule has 122 valence electrons. The minimum absolute atomic E-state index is 0.0302. The summed E-state index contributed by atoms with van der Waals surface area (Å²) in [5, 5.41) is 12.9. The van der Waals surface area contributed by atoms with Crippen LogP contribution in [0.4, 0.5) is 0 Å². The van der Waals surface area contributed by atoms with Gasteiger partial charge in [0, 0.05) is 25.1 Å². The van der Waals surface area contributed by atoms with Gasteiger partial charge in [0.05, 0.1) is 11.5 Å². The fraction of sp³-hybridized carbons (Fsp3) is 0.412. The largest absolute Gasteiger partial charge is 0.481 e. The molecule has 0 aliphatic carbocycles. The molecular weight excluding hydrogens is 298 g/mol. The van der Waals surface area contributed by atoms with Crippen molar-refractivity contribution in [3.05, 3.63) is 36.1 Å². The summed E-state index contributed by atoms with van der Waals surface area (Å²) >= 11 is 0. The number of carboxylic acid groups (broad SMARTS) is 1. The Morgan fingerprint density at radius 1 is 1.26 bits per heavy atom. The van der Waals surface area contributed by atoms with Gasteiger partial charge in [-0.25, -0.2) is 0 Å². The number of furan rings is 1. The van der Waals surface area contributed by atoms with E-state index in [2.05, 4.69) is 5.32 Å². The zero-order valence-corrected chi connectivity index (χ0v) is 12.7. The number of carbonyl (C=O) groups is 2. The minimum atomic E-state index is -0.880. The summed E-state index contributed by atoms with van der Waals surface area (Å²) in [4.78, 5) is 23.8. The highest BCUT2D eigenvalue weighted by molar-refractivity contribution is 6.05. The lowest BCUT2D eigenvalue weighted by atomic mass is 9.86. The molecule has 1 aliphatic heterocycles. The first-order valence-corrected chi connectivity index (χ1v) is 7.72. The number of rotatable bonds is 5. The molecule has 1 amide bonds. The topological polar surface area (TPSA) is 88.8 Å². The average Bonchev–Trinajstić information content (AvgIpc) is 2.99. The molecule has 0 spiro atoms. The Hall–Kier alpha value is -2.34. The lowest BCUT2D eigenvalue weighted by Crippen LogP contribution is -2.38. The Labute approximate surface area is 133 Å². The molecule has 0 bridgehead atoms. The first kappa shape index (κ1) is 15.6. The molecule has 0 saturated carbocycles. The lowest BCUT2D eigenvalue weighted by molar-refractivity contribution is -0.144. The highest BCUT2D eigenvalue weighted by atomic mass is 16.5. The second-order valence-corrected chi connectivity index (χ2v) is 5.75. The molecule has 2 heterocycles. The van der Waals surface area contributed by atoms with Crippen LogP contribution >= 0.6 is 0 Å². The maximum Gasteiger partial charge on any atom is 0.308 e. The molecule has 1 saturated heterocycles. The zero-order valence-electron chi connectivity index (χ0n) is 12.7. The molecule has 0 radical (unpaired) electrons. The second kappa shape index (κ2) is 6.83. The molecule has 1 unspecified atom stereocenters.